The van der Waals surface area contributed by atoms with Crippen LogP contribution in [0.3, 0.4) is 0 Å². The predicted molar refractivity (Wildman–Crippen MR) is 94.9 cm³/mol. The Morgan fingerprint density at radius 1 is 1.20 bits per heavy atom. The highest BCUT2D eigenvalue weighted by Crippen LogP contribution is 2.38. The van der Waals surface area contributed by atoms with Gasteiger partial charge in [0.1, 0.15) is 5.75 Å². The highest BCUT2D eigenvalue weighted by molar-refractivity contribution is 6.10. The molecular weight excluding hydrogens is 316 g/mol. The van der Waals surface area contributed by atoms with Crippen LogP contribution in [0.25, 0.3) is 0 Å². The zero-order chi connectivity index (χ0) is 17.8. The molecule has 3 rings (SSSR count). The number of fused-ring (bicyclic) bond motifs is 1. The van der Waals surface area contributed by atoms with E-state index in [0.29, 0.717) is 25.0 Å². The van der Waals surface area contributed by atoms with Crippen LogP contribution in [0.2, 0.25) is 0 Å². The number of phenolic OH excluding ortho intramolecular Hbond substituents is 1. The van der Waals surface area contributed by atoms with E-state index in [1.54, 1.807) is 36.4 Å². The molecule has 1 aliphatic carbocycles. The quantitative estimate of drug-likeness (QED) is 0.491. The third-order valence-corrected chi connectivity index (χ3v) is 4.64. The minimum atomic E-state index is -0.348. The number of hydrogen-bond donors (Lipinski definition) is 1. The van der Waals surface area contributed by atoms with Gasteiger partial charge in [-0.3, -0.25) is 9.59 Å². The average Bonchev–Trinajstić information content (AvgIpc) is 3.04. The van der Waals surface area contributed by atoms with Gasteiger partial charge < -0.3 is 9.84 Å². The van der Waals surface area contributed by atoms with Crippen molar-refractivity contribution in [1.82, 2.24) is 0 Å². The van der Waals surface area contributed by atoms with Crippen molar-refractivity contribution in [3.63, 3.8) is 0 Å². The topological polar surface area (TPSA) is 63.6 Å². The van der Waals surface area contributed by atoms with Gasteiger partial charge in [-0.05, 0) is 42.5 Å². The van der Waals surface area contributed by atoms with Crippen LogP contribution in [0.4, 0.5) is 0 Å². The van der Waals surface area contributed by atoms with Crippen molar-refractivity contribution >= 4 is 11.8 Å². The third kappa shape index (κ3) is 3.58. The Hall–Kier alpha value is -2.62. The number of unbranched alkanes of at least 4 members (excludes halogenated alkanes) is 1. The summed E-state index contributed by atoms with van der Waals surface area (Å²) in [5.41, 5.74) is 2.54. The number of aromatic hydroxyl groups is 1. The zero-order valence-corrected chi connectivity index (χ0v) is 14.3. The summed E-state index contributed by atoms with van der Waals surface area (Å²) in [6.07, 6.45) is 3.18. The van der Waals surface area contributed by atoms with Crippen molar-refractivity contribution in [2.45, 2.75) is 38.5 Å². The SMILES string of the molecule is CCCCOC(=O)C1CCc2cc(C(=O)c3ccccc3)c(O)cc21. The molecule has 0 aromatic heterocycles. The summed E-state index contributed by atoms with van der Waals surface area (Å²) in [5, 5.41) is 10.3. The summed E-state index contributed by atoms with van der Waals surface area (Å²) >= 11 is 0. The molecule has 25 heavy (non-hydrogen) atoms. The molecule has 4 heteroatoms. The zero-order valence-electron chi connectivity index (χ0n) is 14.3. The maximum absolute atomic E-state index is 12.6. The Kier molecular flexibility index (Phi) is 5.17. The summed E-state index contributed by atoms with van der Waals surface area (Å²) in [6.45, 7) is 2.47. The lowest BCUT2D eigenvalue weighted by atomic mass is 9.95. The molecular formula is C21H22O4. The number of rotatable bonds is 6. The maximum atomic E-state index is 12.6. The molecule has 0 bridgehead atoms. The van der Waals surface area contributed by atoms with Crippen LogP contribution >= 0.6 is 0 Å². The number of aryl methyl sites for hydroxylation is 1. The first kappa shape index (κ1) is 17.2. The number of carbonyl (C=O) groups excluding carboxylic acids is 2. The summed E-state index contributed by atoms with van der Waals surface area (Å²) in [6, 6.07) is 12.2. The minimum Gasteiger partial charge on any atom is -0.507 e. The number of hydrogen-bond acceptors (Lipinski definition) is 4. The number of carbonyl (C=O) groups is 2. The fourth-order valence-electron chi connectivity index (χ4n) is 3.23. The van der Waals surface area contributed by atoms with Crippen LogP contribution in [-0.4, -0.2) is 23.5 Å². The first-order valence-corrected chi connectivity index (χ1v) is 8.74. The largest absolute Gasteiger partial charge is 0.507 e. The molecule has 0 aliphatic heterocycles. The third-order valence-electron chi connectivity index (χ3n) is 4.64. The van der Waals surface area contributed by atoms with E-state index in [9.17, 15) is 14.7 Å². The number of esters is 1. The van der Waals surface area contributed by atoms with Crippen molar-refractivity contribution in [2.75, 3.05) is 6.61 Å². The second-order valence-corrected chi connectivity index (χ2v) is 6.38. The van der Waals surface area contributed by atoms with E-state index in [1.165, 1.54) is 0 Å². The normalized spacial score (nSPS) is 15.6. The fraction of sp³-hybridized carbons (Fsp3) is 0.333. The van der Waals surface area contributed by atoms with Crippen LogP contribution in [0.5, 0.6) is 5.75 Å². The molecule has 0 spiro atoms. The van der Waals surface area contributed by atoms with Gasteiger partial charge in [-0.2, -0.15) is 0 Å². The molecule has 2 aromatic rings. The molecule has 1 N–H and O–H groups in total. The predicted octanol–water partition coefficient (Wildman–Crippen LogP) is 4.00. The minimum absolute atomic E-state index is 0.0825. The van der Waals surface area contributed by atoms with E-state index in [0.717, 1.165) is 24.0 Å². The Morgan fingerprint density at radius 3 is 2.68 bits per heavy atom. The Morgan fingerprint density at radius 2 is 1.96 bits per heavy atom. The van der Waals surface area contributed by atoms with E-state index in [-0.39, 0.29) is 29.0 Å². The highest BCUT2D eigenvalue weighted by atomic mass is 16.5. The van der Waals surface area contributed by atoms with Crippen LogP contribution in [-0.2, 0) is 16.0 Å². The number of ether oxygens (including phenoxy) is 1. The van der Waals surface area contributed by atoms with E-state index in [1.807, 2.05) is 13.0 Å². The Balaban J connectivity index is 1.84. The first-order valence-electron chi connectivity index (χ1n) is 8.74. The number of ketones is 1. The van der Waals surface area contributed by atoms with E-state index in [4.69, 9.17) is 4.74 Å². The van der Waals surface area contributed by atoms with Crippen molar-refractivity contribution in [1.29, 1.82) is 0 Å². The van der Waals surface area contributed by atoms with Gasteiger partial charge in [0.05, 0.1) is 18.1 Å². The summed E-state index contributed by atoms with van der Waals surface area (Å²) in [7, 11) is 0. The number of benzene rings is 2. The van der Waals surface area contributed by atoms with Crippen LogP contribution < -0.4 is 0 Å². The molecule has 0 saturated carbocycles. The monoisotopic (exact) mass is 338 g/mol. The van der Waals surface area contributed by atoms with Gasteiger partial charge >= 0.3 is 5.97 Å². The summed E-state index contributed by atoms with van der Waals surface area (Å²) in [4.78, 5) is 24.9. The molecule has 0 radical (unpaired) electrons. The van der Waals surface area contributed by atoms with Crippen LogP contribution in [0, 0.1) is 0 Å². The molecule has 0 fully saturated rings. The van der Waals surface area contributed by atoms with Gasteiger partial charge in [0.25, 0.3) is 0 Å². The van der Waals surface area contributed by atoms with Gasteiger partial charge in [0.2, 0.25) is 0 Å². The molecule has 1 atom stereocenters. The molecule has 130 valence electrons. The van der Waals surface area contributed by atoms with E-state index in [2.05, 4.69) is 0 Å². The van der Waals surface area contributed by atoms with Crippen LogP contribution in [0.15, 0.2) is 42.5 Å². The summed E-state index contributed by atoms with van der Waals surface area (Å²) in [5.74, 6) is -0.886. The lowest BCUT2D eigenvalue weighted by Gasteiger charge is -2.13. The molecule has 0 saturated heterocycles. The Bertz CT molecular complexity index is 780. The van der Waals surface area contributed by atoms with Crippen molar-refractivity contribution in [2.24, 2.45) is 0 Å². The summed E-state index contributed by atoms with van der Waals surface area (Å²) < 4.78 is 5.32. The molecule has 4 nitrogen and oxygen atoms in total. The second-order valence-electron chi connectivity index (χ2n) is 6.38. The van der Waals surface area contributed by atoms with Crippen LogP contribution in [0.1, 0.15) is 59.2 Å². The van der Waals surface area contributed by atoms with Crippen molar-refractivity contribution in [3.8, 4) is 5.75 Å². The number of phenols is 1. The smallest absolute Gasteiger partial charge is 0.313 e. The van der Waals surface area contributed by atoms with Gasteiger partial charge in [0, 0.05) is 5.56 Å². The molecule has 0 heterocycles. The van der Waals surface area contributed by atoms with Gasteiger partial charge in [-0.1, -0.05) is 43.7 Å². The molecule has 1 aliphatic rings. The van der Waals surface area contributed by atoms with E-state index >= 15 is 0 Å². The van der Waals surface area contributed by atoms with Gasteiger partial charge in [0.15, 0.2) is 5.78 Å². The second kappa shape index (κ2) is 7.51. The van der Waals surface area contributed by atoms with Crippen molar-refractivity contribution in [3.05, 3.63) is 64.7 Å². The maximum Gasteiger partial charge on any atom is 0.313 e. The fourth-order valence-corrected chi connectivity index (χ4v) is 3.23. The lowest BCUT2D eigenvalue weighted by Crippen LogP contribution is -2.14. The van der Waals surface area contributed by atoms with Crippen molar-refractivity contribution < 1.29 is 19.4 Å². The standard InChI is InChI=1S/C21H22O4/c1-2-3-11-25-21(24)16-10-9-15-12-18(19(22)13-17(15)16)20(23)14-7-5-4-6-8-14/h4-8,12-13,16,22H,2-3,9-11H2,1H3. The molecule has 0 amide bonds. The first-order chi connectivity index (χ1) is 12.1. The Labute approximate surface area is 147 Å². The molecule has 2 aromatic carbocycles. The molecule has 1 unspecified atom stereocenters. The van der Waals surface area contributed by atoms with Gasteiger partial charge in [-0.25, -0.2) is 0 Å². The average molecular weight is 338 g/mol. The lowest BCUT2D eigenvalue weighted by molar-refractivity contribution is -0.145. The van der Waals surface area contributed by atoms with Gasteiger partial charge in [-0.15, -0.1) is 0 Å². The highest BCUT2D eigenvalue weighted by Gasteiger charge is 2.31. The van der Waals surface area contributed by atoms with E-state index < -0.39 is 0 Å².